The van der Waals surface area contributed by atoms with Gasteiger partial charge in [0.25, 0.3) is 0 Å². The molecule has 0 rings (SSSR count). The van der Waals surface area contributed by atoms with Crippen molar-refractivity contribution in [1.29, 1.82) is 0 Å². The molecule has 2 heteroatoms. The summed E-state index contributed by atoms with van der Waals surface area (Å²) in [4.78, 5) is 0. The minimum atomic E-state index is 0. The number of hydrogen-bond donors (Lipinski definition) is 0. The molecule has 0 aromatic rings. The summed E-state index contributed by atoms with van der Waals surface area (Å²) in [5.41, 5.74) is 0. The summed E-state index contributed by atoms with van der Waals surface area (Å²) in [6, 6.07) is 0. The Kier molecular flexibility index (Phi) is 14.7. The van der Waals surface area contributed by atoms with Gasteiger partial charge in [-0.15, -0.1) is 0 Å². The van der Waals surface area contributed by atoms with Gasteiger partial charge in [-0.1, -0.05) is 0 Å². The molecule has 0 aliphatic heterocycles. The summed E-state index contributed by atoms with van der Waals surface area (Å²) in [6.45, 7) is 5.67. The SMILES string of the molecule is CCOCC.[9Fe]. The number of rotatable bonds is 2. The van der Waals surface area contributed by atoms with Crippen LogP contribution in [-0.4, -0.2) is 13.2 Å². The predicted molar refractivity (Wildman–Crippen MR) is 22.2 cm³/mol. The van der Waals surface area contributed by atoms with Crippen molar-refractivity contribution in [2.45, 2.75) is 13.8 Å². The second-order valence-electron chi connectivity index (χ2n) is 0.781. The van der Waals surface area contributed by atoms with E-state index in [2.05, 4.69) is 0 Å². The predicted octanol–water partition coefficient (Wildman–Crippen LogP) is 1.04. The van der Waals surface area contributed by atoms with E-state index < -0.39 is 0 Å². The Morgan fingerprint density at radius 2 is 1.50 bits per heavy atom. The summed E-state index contributed by atoms with van der Waals surface area (Å²) in [5, 5.41) is 0. The summed E-state index contributed by atoms with van der Waals surface area (Å²) in [6.07, 6.45) is 0. The zero-order chi connectivity index (χ0) is 4.12. The number of ether oxygens (including phenoxy) is 1. The monoisotopic (exact) mass is 83.1 g/mol. The molecule has 0 heterocycles. The Morgan fingerprint density at radius 1 is 1.17 bits per heavy atom. The average molecular weight is 83.1 g/mol. The Hall–Kier alpha value is 0.479. The maximum absolute atomic E-state index is 4.83. The van der Waals surface area contributed by atoms with Crippen molar-refractivity contribution in [2.24, 2.45) is 0 Å². The van der Waals surface area contributed by atoms with E-state index >= 15 is 0 Å². The zero-order valence-electron chi connectivity index (χ0n) is 4.18. The fourth-order valence-corrected chi connectivity index (χ4v) is 0.204. The van der Waals surface area contributed by atoms with Crippen LogP contribution in [-0.2, 0) is 21.8 Å². The third-order valence-electron chi connectivity index (χ3n) is 0.408. The first kappa shape index (κ1) is 9.70. The van der Waals surface area contributed by atoms with E-state index in [1.165, 1.54) is 0 Å². The molecule has 0 saturated heterocycles. The Morgan fingerprint density at radius 3 is 1.50 bits per heavy atom. The molecular formula is C4H10FeO. The molecule has 0 atom stereocenters. The van der Waals surface area contributed by atoms with Crippen LogP contribution in [0.1, 0.15) is 13.8 Å². The van der Waals surface area contributed by atoms with Crippen molar-refractivity contribution in [3.8, 4) is 0 Å². The summed E-state index contributed by atoms with van der Waals surface area (Å²) < 4.78 is 4.83. The first-order valence-electron chi connectivity index (χ1n) is 1.99. The normalized spacial score (nSPS) is 7.00. The van der Waals surface area contributed by atoms with E-state index in [1.54, 1.807) is 0 Å². The zero-order valence-corrected chi connectivity index (χ0v) is 5.28. The third kappa shape index (κ3) is 8.82. The molecule has 0 aromatic heterocycles. The summed E-state index contributed by atoms with van der Waals surface area (Å²) in [5.74, 6) is 0. The Bertz CT molecular complexity index is 15.0. The topological polar surface area (TPSA) is 9.23 Å². The van der Waals surface area contributed by atoms with Crippen molar-refractivity contribution in [3.63, 3.8) is 0 Å². The molecule has 0 fully saturated rings. The molecule has 40 valence electrons. The van der Waals surface area contributed by atoms with Gasteiger partial charge >= 0.3 is 0 Å². The quantitative estimate of drug-likeness (QED) is 0.453. The molecule has 0 N–H and O–H groups in total. The largest absolute Gasteiger partial charge is 0.382 e. The minimum Gasteiger partial charge on any atom is -0.382 e. The Labute approximate surface area is 49.5 Å². The molecule has 6 heavy (non-hydrogen) atoms. The van der Waals surface area contributed by atoms with Crippen LogP contribution in [0.3, 0.4) is 0 Å². The van der Waals surface area contributed by atoms with Crippen LogP contribution >= 0.6 is 0 Å². The van der Waals surface area contributed by atoms with E-state index in [0.717, 1.165) is 13.2 Å². The van der Waals surface area contributed by atoms with Gasteiger partial charge in [-0.2, -0.15) is 0 Å². The molecule has 0 aliphatic carbocycles. The van der Waals surface area contributed by atoms with Gasteiger partial charge < -0.3 is 4.74 Å². The van der Waals surface area contributed by atoms with E-state index in [9.17, 15) is 0 Å². The van der Waals surface area contributed by atoms with E-state index in [-0.39, 0.29) is 17.1 Å². The van der Waals surface area contributed by atoms with Crippen molar-refractivity contribution in [1.82, 2.24) is 0 Å². The molecule has 1 nitrogen and oxygen atoms in total. The summed E-state index contributed by atoms with van der Waals surface area (Å²) in [7, 11) is 0. The van der Waals surface area contributed by atoms with Crippen LogP contribution in [0, 0.1) is 0 Å². The third-order valence-corrected chi connectivity index (χ3v) is 0.408. The van der Waals surface area contributed by atoms with Gasteiger partial charge in [-0.3, -0.25) is 0 Å². The molecule has 0 radical (unpaired) electrons. The van der Waals surface area contributed by atoms with Crippen LogP contribution in [0.2, 0.25) is 0 Å². The van der Waals surface area contributed by atoms with Gasteiger partial charge in [0.1, 0.15) is 0 Å². The fraction of sp³-hybridized carbons (Fsp3) is 1.00. The number of hydrogen-bond acceptors (Lipinski definition) is 1. The van der Waals surface area contributed by atoms with Crippen molar-refractivity contribution < 1.29 is 21.8 Å². The van der Waals surface area contributed by atoms with E-state index in [4.69, 9.17) is 4.74 Å². The standard InChI is InChI=1S/C4H10O.Fe/c1-3-5-4-2;/h3-4H2,1-2H3;/i;1-47. The minimum absolute atomic E-state index is 0. The van der Waals surface area contributed by atoms with Gasteiger partial charge in [-0.05, 0) is 13.8 Å². The Balaban J connectivity index is 0. The molecule has 0 aromatic carbocycles. The molecule has 0 spiro atoms. The van der Waals surface area contributed by atoms with Gasteiger partial charge in [0.15, 0.2) is 0 Å². The van der Waals surface area contributed by atoms with Crippen LogP contribution in [0.15, 0.2) is 0 Å². The van der Waals surface area contributed by atoms with Crippen molar-refractivity contribution in [2.75, 3.05) is 13.2 Å². The van der Waals surface area contributed by atoms with Crippen molar-refractivity contribution in [3.05, 3.63) is 0 Å². The molecule has 0 saturated carbocycles. The second kappa shape index (κ2) is 9.08. The smallest absolute Gasteiger partial charge is 0.0437 e. The first-order chi connectivity index (χ1) is 2.41. The maximum atomic E-state index is 4.83. The van der Waals surface area contributed by atoms with Crippen LogP contribution in [0.4, 0.5) is 0 Å². The van der Waals surface area contributed by atoms with E-state index in [0.29, 0.717) is 0 Å². The van der Waals surface area contributed by atoms with Gasteiger partial charge in [0, 0.05) is 30.3 Å². The van der Waals surface area contributed by atoms with Crippen LogP contribution < -0.4 is 0 Å². The molecule has 0 amide bonds. The van der Waals surface area contributed by atoms with E-state index in [1.807, 2.05) is 13.8 Å². The molecule has 0 unspecified atom stereocenters. The molecule has 0 bridgehead atoms. The first-order valence-corrected chi connectivity index (χ1v) is 1.99. The average Bonchev–Trinajstić information content (AvgIpc) is 1.41. The summed E-state index contributed by atoms with van der Waals surface area (Å²) >= 11 is 0. The van der Waals surface area contributed by atoms with Crippen LogP contribution in [0.25, 0.3) is 0 Å². The maximum Gasteiger partial charge on any atom is 0.0437 e. The van der Waals surface area contributed by atoms with Gasteiger partial charge in [0.05, 0.1) is 0 Å². The molecule has 0 aliphatic rings. The second-order valence-corrected chi connectivity index (χ2v) is 0.781. The van der Waals surface area contributed by atoms with Crippen LogP contribution in [0.5, 0.6) is 0 Å². The molecular weight excluding hydrogens is 73.0 g/mol. The fourth-order valence-electron chi connectivity index (χ4n) is 0.204. The van der Waals surface area contributed by atoms with Gasteiger partial charge in [0.2, 0.25) is 0 Å². The van der Waals surface area contributed by atoms with Crippen molar-refractivity contribution >= 4 is 0 Å². The van der Waals surface area contributed by atoms with Gasteiger partial charge in [-0.25, -0.2) is 0 Å².